The number of fused-ring (bicyclic) bond motifs is 3. The zero-order valence-corrected chi connectivity index (χ0v) is 19.5. The lowest BCUT2D eigenvalue weighted by atomic mass is 9.92. The number of ether oxygens (including phenoxy) is 1. The van der Waals surface area contributed by atoms with Gasteiger partial charge >= 0.3 is 0 Å². The fourth-order valence-corrected chi connectivity index (χ4v) is 4.54. The molecule has 1 aromatic heterocycles. The third-order valence-electron chi connectivity index (χ3n) is 6.00. The third-order valence-corrected chi connectivity index (χ3v) is 6.23. The second-order valence-electron chi connectivity index (χ2n) is 8.37. The van der Waals surface area contributed by atoms with Crippen LogP contribution in [-0.4, -0.2) is 52.6 Å². The second-order valence-corrected chi connectivity index (χ2v) is 8.81. The van der Waals surface area contributed by atoms with E-state index in [1.54, 1.807) is 6.92 Å². The average Bonchev–Trinajstić information content (AvgIpc) is 3.15. The van der Waals surface area contributed by atoms with Gasteiger partial charge < -0.3 is 25.0 Å². The average molecular weight is 470 g/mol. The van der Waals surface area contributed by atoms with Crippen molar-refractivity contribution in [2.75, 3.05) is 19.7 Å². The van der Waals surface area contributed by atoms with E-state index in [4.69, 9.17) is 16.3 Å². The van der Waals surface area contributed by atoms with Gasteiger partial charge in [0, 0.05) is 55.0 Å². The van der Waals surface area contributed by atoms with E-state index in [9.17, 15) is 14.7 Å². The van der Waals surface area contributed by atoms with Crippen molar-refractivity contribution in [2.24, 2.45) is 0 Å². The van der Waals surface area contributed by atoms with Crippen molar-refractivity contribution in [3.63, 3.8) is 0 Å². The van der Waals surface area contributed by atoms with Crippen LogP contribution in [0, 0.1) is 0 Å². The zero-order chi connectivity index (χ0) is 23.5. The molecule has 2 amide bonds. The molecule has 0 saturated heterocycles. The molecule has 0 fully saturated rings. The Labute approximate surface area is 197 Å². The van der Waals surface area contributed by atoms with Gasteiger partial charge in [0.15, 0.2) is 0 Å². The van der Waals surface area contributed by atoms with E-state index < -0.39 is 6.10 Å². The number of H-pyrrole nitrogens is 1. The minimum Gasteiger partial charge on any atom is -0.493 e. The van der Waals surface area contributed by atoms with Crippen LogP contribution in [-0.2, 0) is 16.0 Å². The van der Waals surface area contributed by atoms with Crippen molar-refractivity contribution in [1.82, 2.24) is 15.2 Å². The summed E-state index contributed by atoms with van der Waals surface area (Å²) in [7, 11) is 0. The molecule has 0 spiro atoms. The van der Waals surface area contributed by atoms with Gasteiger partial charge in [-0.05, 0) is 47.9 Å². The highest BCUT2D eigenvalue weighted by Gasteiger charge is 2.33. The molecular formula is C25H28ClN3O4. The van der Waals surface area contributed by atoms with Crippen LogP contribution in [0.25, 0.3) is 10.9 Å². The molecule has 0 bridgehead atoms. The van der Waals surface area contributed by atoms with Crippen molar-refractivity contribution < 1.29 is 19.4 Å². The smallest absolute Gasteiger partial charge is 0.220 e. The normalized spacial score (nSPS) is 16.4. The first-order valence-electron chi connectivity index (χ1n) is 11.1. The number of aliphatic hydroxyl groups is 1. The number of amides is 2. The molecule has 3 N–H and O–H groups in total. The lowest BCUT2D eigenvalue weighted by molar-refractivity contribution is -0.131. The van der Waals surface area contributed by atoms with E-state index in [2.05, 4.69) is 10.3 Å². The molecule has 0 radical (unpaired) electrons. The number of halogens is 1. The summed E-state index contributed by atoms with van der Waals surface area (Å²) >= 11 is 6.23. The van der Waals surface area contributed by atoms with Gasteiger partial charge in [0.2, 0.25) is 11.8 Å². The number of aliphatic hydroxyl groups excluding tert-OH is 1. The molecule has 1 aliphatic rings. The van der Waals surface area contributed by atoms with Gasteiger partial charge in [-0.3, -0.25) is 9.59 Å². The van der Waals surface area contributed by atoms with Crippen LogP contribution < -0.4 is 10.1 Å². The van der Waals surface area contributed by atoms with Gasteiger partial charge in [0.1, 0.15) is 5.75 Å². The first-order valence-corrected chi connectivity index (χ1v) is 11.4. The van der Waals surface area contributed by atoms with E-state index >= 15 is 0 Å². The summed E-state index contributed by atoms with van der Waals surface area (Å²) in [5.41, 5.74) is 4.21. The fourth-order valence-electron chi connectivity index (χ4n) is 4.37. The van der Waals surface area contributed by atoms with Gasteiger partial charge in [0.25, 0.3) is 0 Å². The highest BCUT2D eigenvalue weighted by atomic mass is 35.5. The molecule has 33 heavy (non-hydrogen) atoms. The number of rotatable bonds is 7. The lowest BCUT2D eigenvalue weighted by Gasteiger charge is -2.35. The summed E-state index contributed by atoms with van der Waals surface area (Å²) in [5, 5.41) is 14.3. The van der Waals surface area contributed by atoms with E-state index in [1.807, 2.05) is 47.4 Å². The van der Waals surface area contributed by atoms with Crippen LogP contribution in [0.1, 0.15) is 43.1 Å². The van der Waals surface area contributed by atoms with Gasteiger partial charge in [-0.1, -0.05) is 23.7 Å². The molecule has 174 valence electrons. The van der Waals surface area contributed by atoms with Gasteiger partial charge in [-0.2, -0.15) is 0 Å². The van der Waals surface area contributed by atoms with Crippen molar-refractivity contribution in [3.05, 3.63) is 64.3 Å². The lowest BCUT2D eigenvalue weighted by Crippen LogP contribution is -2.39. The summed E-state index contributed by atoms with van der Waals surface area (Å²) in [6.45, 7) is 4.19. The molecular weight excluding hydrogens is 442 g/mol. The Kier molecular flexibility index (Phi) is 6.91. The largest absolute Gasteiger partial charge is 0.493 e. The Morgan fingerprint density at radius 2 is 2.00 bits per heavy atom. The number of nitrogens with zero attached hydrogens (tertiary/aromatic N) is 1. The number of hydrogen-bond donors (Lipinski definition) is 3. The first kappa shape index (κ1) is 23.1. The van der Waals surface area contributed by atoms with Crippen molar-refractivity contribution in [3.8, 4) is 5.75 Å². The predicted molar refractivity (Wildman–Crippen MR) is 127 cm³/mol. The summed E-state index contributed by atoms with van der Waals surface area (Å²) in [6.07, 6.45) is 0.519. The summed E-state index contributed by atoms with van der Waals surface area (Å²) < 4.78 is 5.76. The quantitative estimate of drug-likeness (QED) is 0.493. The number of nitrogens with one attached hydrogen (secondary N) is 2. The first-order chi connectivity index (χ1) is 15.8. The van der Waals surface area contributed by atoms with Gasteiger partial charge in [-0.25, -0.2) is 0 Å². The summed E-state index contributed by atoms with van der Waals surface area (Å²) in [6, 6.07) is 13.3. The standard InChI is InChI=1S/C25H28ClN3O4/c1-15(30)27-14-19(32)10-12-33-20-6-3-17(4-7-20)25-24-21(9-11-29(25)16(2)31)22-13-18(26)5-8-23(22)28-24/h3-8,13,19,25,28,32H,9-12,14H2,1-2H3,(H,27,30). The molecule has 0 saturated carbocycles. The molecule has 8 heteroatoms. The van der Waals surface area contributed by atoms with Crippen molar-refractivity contribution in [2.45, 2.75) is 38.8 Å². The SMILES string of the molecule is CC(=O)NCC(O)CCOc1ccc(C2c3[nH]c4ccc(Cl)cc4c3CCN2C(C)=O)cc1. The maximum absolute atomic E-state index is 12.4. The molecule has 3 aromatic rings. The highest BCUT2D eigenvalue weighted by Crippen LogP contribution is 2.39. The molecule has 7 nitrogen and oxygen atoms in total. The molecule has 2 atom stereocenters. The van der Waals surface area contributed by atoms with E-state index in [-0.39, 0.29) is 24.4 Å². The third kappa shape index (κ3) is 5.15. The molecule has 2 aromatic carbocycles. The molecule has 1 aliphatic heterocycles. The van der Waals surface area contributed by atoms with E-state index in [0.29, 0.717) is 30.3 Å². The zero-order valence-electron chi connectivity index (χ0n) is 18.7. The fraction of sp³-hybridized carbons (Fsp3) is 0.360. The van der Waals surface area contributed by atoms with Crippen LogP contribution in [0.4, 0.5) is 0 Å². The number of carbonyl (C=O) groups excluding carboxylic acids is 2. The Morgan fingerprint density at radius 3 is 2.70 bits per heavy atom. The monoisotopic (exact) mass is 469 g/mol. The molecule has 2 unspecified atom stereocenters. The number of aromatic nitrogens is 1. The Balaban J connectivity index is 1.52. The Bertz CT molecular complexity index is 1160. The molecule has 2 heterocycles. The highest BCUT2D eigenvalue weighted by molar-refractivity contribution is 6.31. The van der Waals surface area contributed by atoms with Crippen molar-refractivity contribution in [1.29, 1.82) is 0 Å². The van der Waals surface area contributed by atoms with Crippen LogP contribution >= 0.6 is 11.6 Å². The molecule has 0 aliphatic carbocycles. The van der Waals surface area contributed by atoms with Crippen molar-refractivity contribution >= 4 is 34.3 Å². The van der Waals surface area contributed by atoms with E-state index in [0.717, 1.165) is 28.6 Å². The van der Waals surface area contributed by atoms with Crippen LogP contribution in [0.15, 0.2) is 42.5 Å². The van der Waals surface area contributed by atoms with Gasteiger partial charge in [0.05, 0.1) is 18.8 Å². The maximum Gasteiger partial charge on any atom is 0.220 e. The van der Waals surface area contributed by atoms with Crippen LogP contribution in [0.5, 0.6) is 5.75 Å². The van der Waals surface area contributed by atoms with Gasteiger partial charge in [-0.15, -0.1) is 0 Å². The van der Waals surface area contributed by atoms with E-state index in [1.165, 1.54) is 12.5 Å². The van der Waals surface area contributed by atoms with Crippen LogP contribution in [0.3, 0.4) is 0 Å². The topological polar surface area (TPSA) is 94.7 Å². The second kappa shape index (κ2) is 9.85. The maximum atomic E-state index is 12.4. The number of hydrogen-bond acceptors (Lipinski definition) is 4. The Hall–Kier alpha value is -3.03. The summed E-state index contributed by atoms with van der Waals surface area (Å²) in [4.78, 5) is 28.8. The molecule has 4 rings (SSSR count). The van der Waals surface area contributed by atoms with Crippen LogP contribution in [0.2, 0.25) is 5.02 Å². The summed E-state index contributed by atoms with van der Waals surface area (Å²) in [5.74, 6) is 0.532. The minimum atomic E-state index is -0.659. The predicted octanol–water partition coefficient (Wildman–Crippen LogP) is 3.58. The number of carbonyl (C=O) groups is 2. The Morgan fingerprint density at radius 1 is 1.24 bits per heavy atom. The number of aromatic amines is 1. The minimum absolute atomic E-state index is 0.0239. The number of benzene rings is 2.